The van der Waals surface area contributed by atoms with Gasteiger partial charge in [0.15, 0.2) is 6.29 Å². The van der Waals surface area contributed by atoms with Gasteiger partial charge in [0, 0.05) is 6.61 Å². The molecule has 0 saturated carbocycles. The zero-order chi connectivity index (χ0) is 9.94. The summed E-state index contributed by atoms with van der Waals surface area (Å²) >= 11 is 0. The Hall–Kier alpha value is -0.0800. The van der Waals surface area contributed by atoms with Gasteiger partial charge in [-0.05, 0) is 19.3 Å². The van der Waals surface area contributed by atoms with E-state index in [0.29, 0.717) is 6.61 Å². The monoisotopic (exact) mass is 188 g/mol. The quantitative estimate of drug-likeness (QED) is 0.445. The summed E-state index contributed by atoms with van der Waals surface area (Å²) in [4.78, 5) is 0. The van der Waals surface area contributed by atoms with Crippen LogP contribution in [-0.2, 0) is 4.74 Å². The first kappa shape index (κ1) is 12.9. The molecule has 0 rings (SSSR count). The van der Waals surface area contributed by atoms with E-state index < -0.39 is 6.29 Å². The van der Waals surface area contributed by atoms with E-state index in [0.717, 1.165) is 25.7 Å². The molecule has 1 unspecified atom stereocenters. The van der Waals surface area contributed by atoms with Gasteiger partial charge < -0.3 is 9.84 Å². The second-order valence-electron chi connectivity index (χ2n) is 3.53. The van der Waals surface area contributed by atoms with E-state index in [9.17, 15) is 5.11 Å². The largest absolute Gasteiger partial charge is 0.368 e. The minimum Gasteiger partial charge on any atom is -0.368 e. The second kappa shape index (κ2) is 10.0. The predicted molar refractivity (Wildman–Crippen MR) is 55.6 cm³/mol. The van der Waals surface area contributed by atoms with Crippen LogP contribution in [0.2, 0.25) is 0 Å². The van der Waals surface area contributed by atoms with Gasteiger partial charge in [0.1, 0.15) is 0 Å². The third kappa shape index (κ3) is 9.84. The highest BCUT2D eigenvalue weighted by atomic mass is 16.6. The molecule has 2 heteroatoms. The molecule has 1 N–H and O–H groups in total. The van der Waals surface area contributed by atoms with Crippen LogP contribution in [0.4, 0.5) is 0 Å². The SMILES string of the molecule is CCCCCCOC(O)CCCC. The first-order valence-electron chi connectivity index (χ1n) is 5.61. The molecule has 0 aromatic heterocycles. The van der Waals surface area contributed by atoms with Gasteiger partial charge in [-0.2, -0.15) is 0 Å². The summed E-state index contributed by atoms with van der Waals surface area (Å²) in [7, 11) is 0. The van der Waals surface area contributed by atoms with Crippen LogP contribution in [-0.4, -0.2) is 18.0 Å². The van der Waals surface area contributed by atoms with E-state index in [2.05, 4.69) is 13.8 Å². The third-order valence-electron chi connectivity index (χ3n) is 2.11. The summed E-state index contributed by atoms with van der Waals surface area (Å²) in [5.41, 5.74) is 0. The molecule has 0 aliphatic carbocycles. The Morgan fingerprint density at radius 2 is 1.69 bits per heavy atom. The molecule has 80 valence electrons. The summed E-state index contributed by atoms with van der Waals surface area (Å²) in [6.07, 6.45) is 7.25. The van der Waals surface area contributed by atoms with Crippen LogP contribution in [0.5, 0.6) is 0 Å². The van der Waals surface area contributed by atoms with Crippen molar-refractivity contribution in [3.63, 3.8) is 0 Å². The predicted octanol–water partition coefficient (Wildman–Crippen LogP) is 3.09. The molecule has 0 amide bonds. The molecule has 2 nitrogen and oxygen atoms in total. The van der Waals surface area contributed by atoms with E-state index in [1.807, 2.05) is 0 Å². The number of hydrogen-bond donors (Lipinski definition) is 1. The second-order valence-corrected chi connectivity index (χ2v) is 3.53. The summed E-state index contributed by atoms with van der Waals surface area (Å²) in [6, 6.07) is 0. The highest BCUT2D eigenvalue weighted by molar-refractivity contribution is 4.44. The normalized spacial score (nSPS) is 13.2. The molecule has 0 aromatic rings. The molecule has 0 aliphatic heterocycles. The van der Waals surface area contributed by atoms with Gasteiger partial charge in [-0.25, -0.2) is 0 Å². The lowest BCUT2D eigenvalue weighted by atomic mass is 10.2. The van der Waals surface area contributed by atoms with Crippen molar-refractivity contribution >= 4 is 0 Å². The number of aliphatic hydroxyl groups excluding tert-OH is 1. The van der Waals surface area contributed by atoms with Crippen LogP contribution in [0.1, 0.15) is 58.8 Å². The minimum atomic E-state index is -0.526. The fraction of sp³-hybridized carbons (Fsp3) is 1.00. The van der Waals surface area contributed by atoms with E-state index in [4.69, 9.17) is 4.74 Å². The van der Waals surface area contributed by atoms with E-state index >= 15 is 0 Å². The molecule has 1 atom stereocenters. The van der Waals surface area contributed by atoms with Crippen molar-refractivity contribution < 1.29 is 9.84 Å². The van der Waals surface area contributed by atoms with Gasteiger partial charge in [-0.15, -0.1) is 0 Å². The number of rotatable bonds is 9. The van der Waals surface area contributed by atoms with Gasteiger partial charge in [-0.1, -0.05) is 39.5 Å². The van der Waals surface area contributed by atoms with Gasteiger partial charge in [0.25, 0.3) is 0 Å². The van der Waals surface area contributed by atoms with Gasteiger partial charge in [-0.3, -0.25) is 0 Å². The zero-order valence-corrected chi connectivity index (χ0v) is 9.09. The Kier molecular flexibility index (Phi) is 9.94. The molecule has 0 spiro atoms. The van der Waals surface area contributed by atoms with Crippen LogP contribution in [0.3, 0.4) is 0 Å². The Morgan fingerprint density at radius 1 is 1.00 bits per heavy atom. The molecule has 0 heterocycles. The fourth-order valence-corrected chi connectivity index (χ4v) is 1.21. The Morgan fingerprint density at radius 3 is 2.31 bits per heavy atom. The van der Waals surface area contributed by atoms with Crippen molar-refractivity contribution in [1.29, 1.82) is 0 Å². The summed E-state index contributed by atoms with van der Waals surface area (Å²) < 4.78 is 5.25. The first-order chi connectivity index (χ1) is 6.31. The third-order valence-corrected chi connectivity index (χ3v) is 2.11. The van der Waals surface area contributed by atoms with Crippen LogP contribution >= 0.6 is 0 Å². The molecular formula is C11H24O2. The van der Waals surface area contributed by atoms with Gasteiger partial charge >= 0.3 is 0 Å². The molecule has 0 radical (unpaired) electrons. The topological polar surface area (TPSA) is 29.5 Å². The molecule has 0 aliphatic rings. The maximum absolute atomic E-state index is 9.31. The van der Waals surface area contributed by atoms with Crippen LogP contribution < -0.4 is 0 Å². The smallest absolute Gasteiger partial charge is 0.154 e. The van der Waals surface area contributed by atoms with Crippen molar-refractivity contribution in [3.8, 4) is 0 Å². The summed E-state index contributed by atoms with van der Waals surface area (Å²) in [5, 5.41) is 9.31. The Labute approximate surface area is 82.3 Å². The van der Waals surface area contributed by atoms with Crippen molar-refractivity contribution in [1.82, 2.24) is 0 Å². The summed E-state index contributed by atoms with van der Waals surface area (Å²) in [5.74, 6) is 0. The first-order valence-corrected chi connectivity index (χ1v) is 5.61. The van der Waals surface area contributed by atoms with E-state index in [1.54, 1.807) is 0 Å². The average Bonchev–Trinajstić information content (AvgIpc) is 2.14. The van der Waals surface area contributed by atoms with Crippen LogP contribution in [0.25, 0.3) is 0 Å². The number of aliphatic hydroxyl groups is 1. The van der Waals surface area contributed by atoms with Crippen molar-refractivity contribution in [2.24, 2.45) is 0 Å². The lowest BCUT2D eigenvalue weighted by Crippen LogP contribution is -2.12. The number of ether oxygens (including phenoxy) is 1. The molecule has 0 saturated heterocycles. The summed E-state index contributed by atoms with van der Waals surface area (Å²) in [6.45, 7) is 5.02. The zero-order valence-electron chi connectivity index (χ0n) is 9.09. The highest BCUT2D eigenvalue weighted by Crippen LogP contribution is 2.04. The number of unbranched alkanes of at least 4 members (excludes halogenated alkanes) is 4. The molecule has 0 bridgehead atoms. The van der Waals surface area contributed by atoms with Gasteiger partial charge in [0.05, 0.1) is 0 Å². The lowest BCUT2D eigenvalue weighted by Gasteiger charge is -2.10. The molecule has 0 fully saturated rings. The highest BCUT2D eigenvalue weighted by Gasteiger charge is 2.01. The van der Waals surface area contributed by atoms with Crippen molar-refractivity contribution in [2.45, 2.75) is 65.1 Å². The van der Waals surface area contributed by atoms with Gasteiger partial charge in [0.2, 0.25) is 0 Å². The lowest BCUT2D eigenvalue weighted by molar-refractivity contribution is -0.104. The molecular weight excluding hydrogens is 164 g/mol. The molecule has 0 aromatic carbocycles. The maximum Gasteiger partial charge on any atom is 0.154 e. The average molecular weight is 188 g/mol. The Bertz CT molecular complexity index is 94.1. The molecule has 13 heavy (non-hydrogen) atoms. The number of hydrogen-bond acceptors (Lipinski definition) is 2. The van der Waals surface area contributed by atoms with Crippen molar-refractivity contribution in [2.75, 3.05) is 6.61 Å². The maximum atomic E-state index is 9.31. The van der Waals surface area contributed by atoms with Crippen LogP contribution in [0, 0.1) is 0 Å². The van der Waals surface area contributed by atoms with Crippen molar-refractivity contribution in [3.05, 3.63) is 0 Å². The fourth-order valence-electron chi connectivity index (χ4n) is 1.21. The van der Waals surface area contributed by atoms with E-state index in [1.165, 1.54) is 19.3 Å². The van der Waals surface area contributed by atoms with E-state index in [-0.39, 0.29) is 0 Å². The Balaban J connectivity index is 3.03. The minimum absolute atomic E-state index is 0.526. The standard InChI is InChI=1S/C11H24O2/c1-3-5-7-8-10-13-11(12)9-6-4-2/h11-12H,3-10H2,1-2H3. The van der Waals surface area contributed by atoms with Crippen LogP contribution in [0.15, 0.2) is 0 Å².